The third-order valence-electron chi connectivity index (χ3n) is 3.69. The van der Waals surface area contributed by atoms with Crippen LogP contribution in [0.25, 0.3) is 10.8 Å². The summed E-state index contributed by atoms with van der Waals surface area (Å²) in [7, 11) is 5.01. The van der Waals surface area contributed by atoms with Crippen molar-refractivity contribution in [2.45, 2.75) is 6.54 Å². The zero-order valence-electron chi connectivity index (χ0n) is 13.1. The summed E-state index contributed by atoms with van der Waals surface area (Å²) in [5, 5.41) is 12.9. The highest BCUT2D eigenvalue weighted by molar-refractivity contribution is 6.04. The first-order chi connectivity index (χ1) is 11.0. The normalized spacial score (nSPS) is 10.9. The molecule has 8 nitrogen and oxygen atoms in total. The number of rotatable bonds is 3. The topological polar surface area (TPSA) is 85.9 Å². The second-order valence-electron chi connectivity index (χ2n) is 5.34. The van der Waals surface area contributed by atoms with Crippen LogP contribution in [-0.4, -0.2) is 42.4 Å². The Labute approximate surface area is 132 Å². The molecule has 3 aromatic rings. The fourth-order valence-corrected chi connectivity index (χ4v) is 2.37. The molecule has 3 rings (SSSR count). The SMILES string of the molecule is CN(Cc1nncn1C)C(=O)c1nn(C)c(=O)c2ccccc12. The Morgan fingerprint density at radius 2 is 1.91 bits per heavy atom. The molecule has 0 unspecified atom stereocenters. The Hall–Kier alpha value is -3.03. The van der Waals surface area contributed by atoms with E-state index < -0.39 is 0 Å². The van der Waals surface area contributed by atoms with Crippen molar-refractivity contribution in [1.29, 1.82) is 0 Å². The first kappa shape index (κ1) is 14.9. The molecule has 0 aliphatic carbocycles. The monoisotopic (exact) mass is 312 g/mol. The van der Waals surface area contributed by atoms with Gasteiger partial charge in [-0.3, -0.25) is 9.59 Å². The lowest BCUT2D eigenvalue weighted by Crippen LogP contribution is -2.31. The van der Waals surface area contributed by atoms with Crippen LogP contribution in [0.4, 0.5) is 0 Å². The lowest BCUT2D eigenvalue weighted by Gasteiger charge is -2.17. The highest BCUT2D eigenvalue weighted by Crippen LogP contribution is 2.15. The molecule has 0 fully saturated rings. The molecule has 0 spiro atoms. The number of benzene rings is 1. The summed E-state index contributed by atoms with van der Waals surface area (Å²) in [5.74, 6) is 0.384. The van der Waals surface area contributed by atoms with Crippen molar-refractivity contribution in [2.24, 2.45) is 14.1 Å². The third-order valence-corrected chi connectivity index (χ3v) is 3.69. The number of amides is 1. The van der Waals surface area contributed by atoms with Crippen molar-refractivity contribution in [3.63, 3.8) is 0 Å². The van der Waals surface area contributed by atoms with Gasteiger partial charge in [-0.25, -0.2) is 4.68 Å². The largest absolute Gasteiger partial charge is 0.333 e. The van der Waals surface area contributed by atoms with Crippen molar-refractivity contribution in [3.05, 3.63) is 52.5 Å². The number of aromatic nitrogens is 5. The Bertz CT molecular complexity index is 943. The fraction of sp³-hybridized carbons (Fsp3) is 0.267. The number of nitrogens with zero attached hydrogens (tertiary/aromatic N) is 6. The van der Waals surface area contributed by atoms with E-state index in [4.69, 9.17) is 0 Å². The zero-order valence-corrected chi connectivity index (χ0v) is 13.1. The van der Waals surface area contributed by atoms with E-state index in [1.165, 1.54) is 16.6 Å². The molecule has 2 aromatic heterocycles. The van der Waals surface area contributed by atoms with E-state index in [0.717, 1.165) is 0 Å². The average Bonchev–Trinajstić information content (AvgIpc) is 2.95. The molecule has 23 heavy (non-hydrogen) atoms. The van der Waals surface area contributed by atoms with Gasteiger partial charge in [0.1, 0.15) is 6.33 Å². The lowest BCUT2D eigenvalue weighted by atomic mass is 10.1. The van der Waals surface area contributed by atoms with Crippen molar-refractivity contribution in [2.75, 3.05) is 7.05 Å². The molecule has 0 aliphatic rings. The van der Waals surface area contributed by atoms with Crippen LogP contribution in [0.5, 0.6) is 0 Å². The Balaban J connectivity index is 2.02. The highest BCUT2D eigenvalue weighted by atomic mass is 16.2. The van der Waals surface area contributed by atoms with E-state index in [2.05, 4.69) is 15.3 Å². The Morgan fingerprint density at radius 3 is 2.57 bits per heavy atom. The minimum absolute atomic E-state index is 0.229. The van der Waals surface area contributed by atoms with Crippen molar-refractivity contribution < 1.29 is 4.79 Å². The van der Waals surface area contributed by atoms with Gasteiger partial charge in [-0.15, -0.1) is 10.2 Å². The van der Waals surface area contributed by atoms with Crippen LogP contribution in [0.3, 0.4) is 0 Å². The summed E-state index contributed by atoms with van der Waals surface area (Å²) in [5.41, 5.74) is 0.0143. The van der Waals surface area contributed by atoms with Gasteiger partial charge in [0, 0.05) is 26.5 Å². The number of fused-ring (bicyclic) bond motifs is 1. The molecule has 0 saturated heterocycles. The number of hydrogen-bond acceptors (Lipinski definition) is 5. The first-order valence-corrected chi connectivity index (χ1v) is 7.03. The minimum Gasteiger partial charge on any atom is -0.333 e. The number of carbonyl (C=O) groups is 1. The molecule has 1 aromatic carbocycles. The minimum atomic E-state index is -0.278. The molecule has 118 valence electrons. The Morgan fingerprint density at radius 1 is 1.22 bits per heavy atom. The van der Waals surface area contributed by atoms with Gasteiger partial charge < -0.3 is 9.47 Å². The summed E-state index contributed by atoms with van der Waals surface area (Å²) in [4.78, 5) is 26.4. The average molecular weight is 312 g/mol. The van der Waals surface area contributed by atoms with Crippen molar-refractivity contribution >= 4 is 16.7 Å². The van der Waals surface area contributed by atoms with E-state index in [0.29, 0.717) is 23.1 Å². The molecule has 0 radical (unpaired) electrons. The Kier molecular flexibility index (Phi) is 3.65. The van der Waals surface area contributed by atoms with Gasteiger partial charge in [-0.1, -0.05) is 18.2 Å². The van der Waals surface area contributed by atoms with Gasteiger partial charge in [-0.2, -0.15) is 5.10 Å². The number of hydrogen-bond donors (Lipinski definition) is 0. The highest BCUT2D eigenvalue weighted by Gasteiger charge is 2.20. The van der Waals surface area contributed by atoms with Crippen LogP contribution in [0.1, 0.15) is 16.3 Å². The quantitative estimate of drug-likeness (QED) is 0.696. The summed E-state index contributed by atoms with van der Waals surface area (Å²) in [6.07, 6.45) is 1.58. The molecule has 0 N–H and O–H groups in total. The van der Waals surface area contributed by atoms with Crippen LogP contribution < -0.4 is 5.56 Å². The molecule has 0 atom stereocenters. The van der Waals surface area contributed by atoms with Crippen LogP contribution >= 0.6 is 0 Å². The molecular weight excluding hydrogens is 296 g/mol. The maximum Gasteiger partial charge on any atom is 0.275 e. The second kappa shape index (κ2) is 5.64. The van der Waals surface area contributed by atoms with Gasteiger partial charge in [0.2, 0.25) is 0 Å². The smallest absolute Gasteiger partial charge is 0.275 e. The van der Waals surface area contributed by atoms with E-state index in [-0.39, 0.29) is 17.2 Å². The van der Waals surface area contributed by atoms with Gasteiger partial charge in [0.15, 0.2) is 11.5 Å². The van der Waals surface area contributed by atoms with E-state index in [1.807, 2.05) is 7.05 Å². The first-order valence-electron chi connectivity index (χ1n) is 7.03. The van der Waals surface area contributed by atoms with E-state index in [9.17, 15) is 9.59 Å². The van der Waals surface area contributed by atoms with Gasteiger partial charge in [0.05, 0.1) is 11.9 Å². The second-order valence-corrected chi connectivity index (χ2v) is 5.34. The summed E-state index contributed by atoms with van der Waals surface area (Å²) < 4.78 is 2.93. The number of carbonyl (C=O) groups excluding carboxylic acids is 1. The summed E-state index contributed by atoms with van der Waals surface area (Å²) >= 11 is 0. The fourth-order valence-electron chi connectivity index (χ4n) is 2.37. The molecule has 1 amide bonds. The number of aryl methyl sites for hydroxylation is 2. The maximum absolute atomic E-state index is 12.8. The van der Waals surface area contributed by atoms with E-state index >= 15 is 0 Å². The summed E-state index contributed by atoms with van der Waals surface area (Å²) in [6, 6.07) is 6.97. The zero-order chi connectivity index (χ0) is 16.6. The molecule has 2 heterocycles. The molecule has 8 heteroatoms. The third kappa shape index (κ3) is 2.59. The summed E-state index contributed by atoms with van der Waals surface area (Å²) in [6.45, 7) is 0.300. The molecule has 0 bridgehead atoms. The van der Waals surface area contributed by atoms with Gasteiger partial charge >= 0.3 is 0 Å². The van der Waals surface area contributed by atoms with E-state index in [1.54, 1.807) is 42.2 Å². The van der Waals surface area contributed by atoms with Gasteiger partial charge in [0.25, 0.3) is 11.5 Å². The van der Waals surface area contributed by atoms with Crippen LogP contribution in [0.15, 0.2) is 35.4 Å². The maximum atomic E-state index is 12.8. The van der Waals surface area contributed by atoms with Crippen molar-refractivity contribution in [3.8, 4) is 0 Å². The molecule has 0 saturated carbocycles. The van der Waals surface area contributed by atoms with Crippen LogP contribution in [-0.2, 0) is 20.6 Å². The lowest BCUT2D eigenvalue weighted by molar-refractivity contribution is 0.0774. The molecule has 0 aliphatic heterocycles. The standard InChI is InChI=1S/C15H16N6O2/c1-19(8-12-17-16-9-20(12)2)15(23)13-10-6-4-5-7-11(10)14(22)21(3)18-13/h4-7,9H,8H2,1-3H3. The van der Waals surface area contributed by atoms with Gasteiger partial charge in [-0.05, 0) is 6.07 Å². The predicted octanol–water partition coefficient (Wildman–Crippen LogP) is 0.334. The van der Waals surface area contributed by atoms with Crippen LogP contribution in [0.2, 0.25) is 0 Å². The van der Waals surface area contributed by atoms with Crippen molar-refractivity contribution in [1.82, 2.24) is 29.4 Å². The predicted molar refractivity (Wildman–Crippen MR) is 83.8 cm³/mol. The molecular formula is C15H16N6O2. The van der Waals surface area contributed by atoms with Crippen LogP contribution in [0, 0.1) is 0 Å².